The molecular formula is C18H28N2O3. The summed E-state index contributed by atoms with van der Waals surface area (Å²) in [5.41, 5.74) is 0.807. The van der Waals surface area contributed by atoms with Gasteiger partial charge in [0.15, 0.2) is 0 Å². The molecule has 1 N–H and O–H groups in total. The maximum atomic E-state index is 12.0. The quantitative estimate of drug-likeness (QED) is 0.927. The molecule has 5 heteroatoms. The maximum Gasteiger partial charge on any atom is 0.407 e. The Morgan fingerprint density at radius 3 is 2.61 bits per heavy atom. The van der Waals surface area contributed by atoms with Crippen LogP contribution in [-0.4, -0.2) is 48.9 Å². The Kier molecular flexibility index (Phi) is 6.02. The smallest absolute Gasteiger partial charge is 0.407 e. The number of alkyl carbamates (subject to hydrolysis) is 1. The van der Waals surface area contributed by atoms with Crippen molar-refractivity contribution in [1.29, 1.82) is 0 Å². The van der Waals surface area contributed by atoms with Gasteiger partial charge in [0.1, 0.15) is 5.60 Å². The Hall–Kier alpha value is -1.59. The standard InChI is InChI=1S/C18H28N2O3/c1-18(2,3)23-17(21)19-15-10-11-20(13-16(15)22-4)12-14-8-6-5-7-9-14/h5-9,15-16H,10-13H2,1-4H3,(H,19,21)/t15-,16-/m0/s1. The lowest BCUT2D eigenvalue weighted by molar-refractivity contribution is -0.00447. The SMILES string of the molecule is CO[C@H]1CN(Cc2ccccc2)CC[C@@H]1NC(=O)OC(C)(C)C. The number of rotatable bonds is 4. The molecule has 0 aliphatic carbocycles. The Morgan fingerprint density at radius 1 is 1.30 bits per heavy atom. The average molecular weight is 320 g/mol. The molecule has 2 atom stereocenters. The molecule has 1 aliphatic rings. The first-order valence-electron chi connectivity index (χ1n) is 8.16. The minimum Gasteiger partial charge on any atom is -0.444 e. The van der Waals surface area contributed by atoms with Gasteiger partial charge >= 0.3 is 6.09 Å². The van der Waals surface area contributed by atoms with E-state index in [1.165, 1.54) is 5.56 Å². The van der Waals surface area contributed by atoms with Crippen LogP contribution in [0.15, 0.2) is 30.3 Å². The lowest BCUT2D eigenvalue weighted by Gasteiger charge is -2.38. The molecule has 5 nitrogen and oxygen atoms in total. The van der Waals surface area contributed by atoms with Gasteiger partial charge in [0.25, 0.3) is 0 Å². The highest BCUT2D eigenvalue weighted by Gasteiger charge is 2.31. The molecule has 0 bridgehead atoms. The van der Waals surface area contributed by atoms with E-state index in [2.05, 4.69) is 34.5 Å². The molecular weight excluding hydrogens is 292 g/mol. The largest absolute Gasteiger partial charge is 0.444 e. The summed E-state index contributed by atoms with van der Waals surface area (Å²) in [6.45, 7) is 8.22. The summed E-state index contributed by atoms with van der Waals surface area (Å²) in [6, 6.07) is 10.4. The van der Waals surface area contributed by atoms with Crippen LogP contribution in [0.3, 0.4) is 0 Å². The number of methoxy groups -OCH3 is 1. The molecule has 0 aromatic heterocycles. The summed E-state index contributed by atoms with van der Waals surface area (Å²) in [6.07, 6.45) is 0.450. The van der Waals surface area contributed by atoms with Gasteiger partial charge in [0.2, 0.25) is 0 Å². The van der Waals surface area contributed by atoms with E-state index in [9.17, 15) is 4.79 Å². The molecule has 0 radical (unpaired) electrons. The molecule has 128 valence electrons. The van der Waals surface area contributed by atoms with E-state index in [4.69, 9.17) is 9.47 Å². The third-order valence-corrected chi connectivity index (χ3v) is 3.90. The molecule has 1 amide bonds. The van der Waals surface area contributed by atoms with Crippen molar-refractivity contribution in [3.63, 3.8) is 0 Å². The average Bonchev–Trinajstić information content (AvgIpc) is 2.48. The number of hydrogen-bond donors (Lipinski definition) is 1. The highest BCUT2D eigenvalue weighted by atomic mass is 16.6. The number of ether oxygens (including phenoxy) is 2. The van der Waals surface area contributed by atoms with E-state index in [0.717, 1.165) is 26.1 Å². The number of hydrogen-bond acceptors (Lipinski definition) is 4. The van der Waals surface area contributed by atoms with Crippen LogP contribution in [-0.2, 0) is 16.0 Å². The van der Waals surface area contributed by atoms with Crippen LogP contribution in [0.2, 0.25) is 0 Å². The molecule has 0 unspecified atom stereocenters. The van der Waals surface area contributed by atoms with Crippen LogP contribution in [0, 0.1) is 0 Å². The van der Waals surface area contributed by atoms with Crippen LogP contribution < -0.4 is 5.32 Å². The monoisotopic (exact) mass is 320 g/mol. The lowest BCUT2D eigenvalue weighted by atomic mass is 10.0. The molecule has 1 fully saturated rings. The zero-order valence-corrected chi connectivity index (χ0v) is 14.5. The highest BCUT2D eigenvalue weighted by molar-refractivity contribution is 5.68. The second-order valence-electron chi connectivity index (χ2n) is 7.04. The van der Waals surface area contributed by atoms with Gasteiger partial charge in [-0.15, -0.1) is 0 Å². The fourth-order valence-corrected chi connectivity index (χ4v) is 2.83. The van der Waals surface area contributed by atoms with E-state index in [0.29, 0.717) is 0 Å². The first-order chi connectivity index (χ1) is 10.9. The Bertz CT molecular complexity index is 499. The number of likely N-dealkylation sites (tertiary alicyclic amines) is 1. The summed E-state index contributed by atoms with van der Waals surface area (Å²) >= 11 is 0. The van der Waals surface area contributed by atoms with Gasteiger partial charge in [-0.05, 0) is 32.8 Å². The molecule has 1 aromatic carbocycles. The number of benzene rings is 1. The number of carbonyl (C=O) groups excluding carboxylic acids is 1. The zero-order chi connectivity index (χ0) is 16.9. The van der Waals surface area contributed by atoms with Crippen LogP contribution >= 0.6 is 0 Å². The first-order valence-corrected chi connectivity index (χ1v) is 8.16. The summed E-state index contributed by atoms with van der Waals surface area (Å²) in [5, 5.41) is 2.95. The summed E-state index contributed by atoms with van der Waals surface area (Å²) in [4.78, 5) is 14.3. The second kappa shape index (κ2) is 7.79. The van der Waals surface area contributed by atoms with Crippen molar-refractivity contribution < 1.29 is 14.3 Å². The third-order valence-electron chi connectivity index (χ3n) is 3.90. The predicted octanol–water partition coefficient (Wildman–Crippen LogP) is 2.80. The molecule has 23 heavy (non-hydrogen) atoms. The topological polar surface area (TPSA) is 50.8 Å². The van der Waals surface area contributed by atoms with Gasteiger partial charge in [0, 0.05) is 26.7 Å². The number of nitrogens with one attached hydrogen (secondary N) is 1. The normalized spacial score (nSPS) is 22.6. The summed E-state index contributed by atoms with van der Waals surface area (Å²) < 4.78 is 10.9. The molecule has 1 aliphatic heterocycles. The van der Waals surface area contributed by atoms with Gasteiger partial charge in [-0.1, -0.05) is 30.3 Å². The van der Waals surface area contributed by atoms with Gasteiger partial charge in [-0.3, -0.25) is 4.90 Å². The Morgan fingerprint density at radius 2 is 2.00 bits per heavy atom. The summed E-state index contributed by atoms with van der Waals surface area (Å²) in [7, 11) is 1.69. The molecule has 0 spiro atoms. The minimum absolute atomic E-state index is 0.0122. The van der Waals surface area contributed by atoms with Gasteiger partial charge in [-0.2, -0.15) is 0 Å². The van der Waals surface area contributed by atoms with Gasteiger partial charge in [-0.25, -0.2) is 4.79 Å². The minimum atomic E-state index is -0.485. The Balaban J connectivity index is 1.87. The number of nitrogens with zero attached hydrogens (tertiary/aromatic N) is 1. The van der Waals surface area contributed by atoms with Crippen molar-refractivity contribution in [3.8, 4) is 0 Å². The van der Waals surface area contributed by atoms with Crippen LogP contribution in [0.5, 0.6) is 0 Å². The molecule has 1 aromatic rings. The third kappa shape index (κ3) is 5.84. The van der Waals surface area contributed by atoms with Crippen molar-refractivity contribution in [1.82, 2.24) is 10.2 Å². The maximum absolute atomic E-state index is 12.0. The van der Waals surface area contributed by atoms with Crippen molar-refractivity contribution in [3.05, 3.63) is 35.9 Å². The van der Waals surface area contributed by atoms with Crippen molar-refractivity contribution in [2.45, 2.75) is 51.5 Å². The number of carbonyl (C=O) groups is 1. The van der Waals surface area contributed by atoms with Crippen molar-refractivity contribution >= 4 is 6.09 Å². The van der Waals surface area contributed by atoms with E-state index >= 15 is 0 Å². The van der Waals surface area contributed by atoms with Gasteiger partial charge in [0.05, 0.1) is 12.1 Å². The van der Waals surface area contributed by atoms with Gasteiger partial charge < -0.3 is 14.8 Å². The Labute approximate surface area is 139 Å². The van der Waals surface area contributed by atoms with E-state index < -0.39 is 5.60 Å². The van der Waals surface area contributed by atoms with Crippen LogP contribution in [0.25, 0.3) is 0 Å². The lowest BCUT2D eigenvalue weighted by Crippen LogP contribution is -2.55. The van der Waals surface area contributed by atoms with E-state index in [-0.39, 0.29) is 18.2 Å². The van der Waals surface area contributed by atoms with Crippen molar-refractivity contribution in [2.75, 3.05) is 20.2 Å². The predicted molar refractivity (Wildman–Crippen MR) is 90.3 cm³/mol. The molecule has 2 rings (SSSR count). The van der Waals surface area contributed by atoms with Crippen LogP contribution in [0.1, 0.15) is 32.8 Å². The molecule has 0 saturated carbocycles. The van der Waals surface area contributed by atoms with E-state index in [1.807, 2.05) is 26.8 Å². The van der Waals surface area contributed by atoms with Crippen LogP contribution in [0.4, 0.5) is 4.79 Å². The highest BCUT2D eigenvalue weighted by Crippen LogP contribution is 2.17. The first kappa shape index (κ1) is 17.8. The number of piperidine rings is 1. The number of amides is 1. The fraction of sp³-hybridized carbons (Fsp3) is 0.611. The fourth-order valence-electron chi connectivity index (χ4n) is 2.83. The molecule has 1 saturated heterocycles. The second-order valence-corrected chi connectivity index (χ2v) is 7.04. The van der Waals surface area contributed by atoms with E-state index in [1.54, 1.807) is 7.11 Å². The summed E-state index contributed by atoms with van der Waals surface area (Å²) in [5.74, 6) is 0. The zero-order valence-electron chi connectivity index (χ0n) is 14.5. The molecule has 1 heterocycles. The van der Waals surface area contributed by atoms with Crippen molar-refractivity contribution in [2.24, 2.45) is 0 Å².